The zero-order chi connectivity index (χ0) is 21.8. The molecule has 2 heterocycles. The van der Waals surface area contributed by atoms with Gasteiger partial charge in [0.25, 0.3) is 5.91 Å². The highest BCUT2D eigenvalue weighted by Crippen LogP contribution is 2.33. The highest BCUT2D eigenvalue weighted by atomic mass is 79.9. The maximum absolute atomic E-state index is 12.9. The lowest BCUT2D eigenvalue weighted by molar-refractivity contribution is -0.136. The second-order valence-electron chi connectivity index (χ2n) is 6.80. The molecule has 0 saturated carbocycles. The quantitative estimate of drug-likeness (QED) is 0.480. The number of ether oxygens (including phenoxy) is 2. The highest BCUT2D eigenvalue weighted by molar-refractivity contribution is 9.10. The molecule has 1 aromatic heterocycles. The third kappa shape index (κ3) is 4.54. The van der Waals surface area contributed by atoms with Crippen LogP contribution in [-0.2, 0) is 9.53 Å². The summed E-state index contributed by atoms with van der Waals surface area (Å²) in [6, 6.07) is 17.5. The highest BCUT2D eigenvalue weighted by Gasteiger charge is 2.35. The van der Waals surface area contributed by atoms with Gasteiger partial charge in [-0.1, -0.05) is 12.1 Å². The van der Waals surface area contributed by atoms with Crippen molar-refractivity contribution < 1.29 is 23.5 Å². The Bertz CT molecular complexity index is 1110. The van der Waals surface area contributed by atoms with E-state index in [1.165, 1.54) is 5.01 Å². The molecule has 0 radical (unpaired) electrons. The van der Waals surface area contributed by atoms with Gasteiger partial charge in [0.1, 0.15) is 17.6 Å². The standard InChI is InChI=1S/C23H19BrN2O5/c1-29-16-10-8-15(9-11-16)19-13-20(21-7-4-12-30-21)26(25-19)22(27)14-31-23(28)17-5-2-3-6-18(17)24/h2-12,20H,13-14H2,1H3. The number of furan rings is 1. The van der Waals surface area contributed by atoms with Gasteiger partial charge in [0, 0.05) is 10.9 Å². The van der Waals surface area contributed by atoms with Gasteiger partial charge in [-0.15, -0.1) is 0 Å². The molecule has 2 aromatic carbocycles. The van der Waals surface area contributed by atoms with Crippen LogP contribution in [0.3, 0.4) is 0 Å². The molecule has 1 amide bonds. The van der Waals surface area contributed by atoms with Crippen LogP contribution in [-0.4, -0.2) is 36.3 Å². The minimum absolute atomic E-state index is 0.349. The molecule has 4 rings (SSSR count). The molecule has 1 aliphatic heterocycles. The monoisotopic (exact) mass is 482 g/mol. The van der Waals surface area contributed by atoms with E-state index in [9.17, 15) is 9.59 Å². The van der Waals surface area contributed by atoms with Crippen molar-refractivity contribution in [1.29, 1.82) is 0 Å². The van der Waals surface area contributed by atoms with E-state index in [2.05, 4.69) is 21.0 Å². The number of hydrogen-bond donors (Lipinski definition) is 0. The summed E-state index contributed by atoms with van der Waals surface area (Å²) < 4.78 is 16.6. The molecule has 3 aromatic rings. The maximum Gasteiger partial charge on any atom is 0.339 e. The van der Waals surface area contributed by atoms with Crippen LogP contribution in [0.25, 0.3) is 0 Å². The first-order valence-electron chi connectivity index (χ1n) is 9.56. The molecule has 0 N–H and O–H groups in total. The van der Waals surface area contributed by atoms with Crippen molar-refractivity contribution >= 4 is 33.5 Å². The number of methoxy groups -OCH3 is 1. The molecular weight excluding hydrogens is 464 g/mol. The Kier molecular flexibility index (Phi) is 6.18. The fourth-order valence-corrected chi connectivity index (χ4v) is 3.75. The van der Waals surface area contributed by atoms with Crippen LogP contribution in [0.2, 0.25) is 0 Å². The summed E-state index contributed by atoms with van der Waals surface area (Å²) in [4.78, 5) is 25.3. The lowest BCUT2D eigenvalue weighted by Crippen LogP contribution is -2.31. The lowest BCUT2D eigenvalue weighted by atomic mass is 10.0. The molecule has 31 heavy (non-hydrogen) atoms. The third-order valence-corrected chi connectivity index (χ3v) is 5.57. The fourth-order valence-electron chi connectivity index (χ4n) is 3.30. The summed E-state index contributed by atoms with van der Waals surface area (Å²) in [7, 11) is 1.60. The van der Waals surface area contributed by atoms with Gasteiger partial charge < -0.3 is 13.9 Å². The number of rotatable bonds is 6. The van der Waals surface area contributed by atoms with E-state index in [1.54, 1.807) is 49.8 Å². The normalized spacial score (nSPS) is 15.5. The first-order chi connectivity index (χ1) is 15.1. The van der Waals surface area contributed by atoms with E-state index in [0.717, 1.165) is 17.0 Å². The van der Waals surface area contributed by atoms with Crippen molar-refractivity contribution in [3.8, 4) is 5.75 Å². The number of esters is 1. The van der Waals surface area contributed by atoms with Gasteiger partial charge >= 0.3 is 5.97 Å². The second kappa shape index (κ2) is 9.18. The van der Waals surface area contributed by atoms with Crippen molar-refractivity contribution in [1.82, 2.24) is 5.01 Å². The van der Waals surface area contributed by atoms with Crippen LogP contribution < -0.4 is 4.74 Å². The summed E-state index contributed by atoms with van der Waals surface area (Å²) in [6.07, 6.45) is 2.03. The lowest BCUT2D eigenvalue weighted by Gasteiger charge is -2.19. The van der Waals surface area contributed by atoms with E-state index in [1.807, 2.05) is 24.3 Å². The number of halogens is 1. The van der Waals surface area contributed by atoms with Crippen LogP contribution in [0.15, 0.2) is 80.9 Å². The van der Waals surface area contributed by atoms with Crippen molar-refractivity contribution in [2.45, 2.75) is 12.5 Å². The Labute approximate surface area is 187 Å². The Morgan fingerprint density at radius 1 is 1.13 bits per heavy atom. The Morgan fingerprint density at radius 3 is 2.58 bits per heavy atom. The summed E-state index contributed by atoms with van der Waals surface area (Å²) in [5.74, 6) is 0.314. The zero-order valence-corrected chi connectivity index (χ0v) is 18.2. The molecule has 1 unspecified atom stereocenters. The molecule has 8 heteroatoms. The molecule has 0 saturated heterocycles. The minimum atomic E-state index is -0.589. The number of hydrazone groups is 1. The number of amides is 1. The van der Waals surface area contributed by atoms with Crippen molar-refractivity contribution in [3.05, 3.63) is 88.3 Å². The van der Waals surface area contributed by atoms with Crippen molar-refractivity contribution in [2.24, 2.45) is 5.10 Å². The largest absolute Gasteiger partial charge is 0.497 e. The van der Waals surface area contributed by atoms with Gasteiger partial charge in [0.15, 0.2) is 6.61 Å². The molecule has 7 nitrogen and oxygen atoms in total. The van der Waals surface area contributed by atoms with E-state index >= 15 is 0 Å². The SMILES string of the molecule is COc1ccc(C2=NN(C(=O)COC(=O)c3ccccc3Br)C(c3ccco3)C2)cc1. The van der Waals surface area contributed by atoms with Gasteiger partial charge in [-0.25, -0.2) is 9.80 Å². The van der Waals surface area contributed by atoms with Gasteiger partial charge in [-0.05, 0) is 70.0 Å². The number of carbonyl (C=O) groups is 2. The average Bonchev–Trinajstić information content (AvgIpc) is 3.47. The van der Waals surface area contributed by atoms with Crippen LogP contribution in [0.1, 0.15) is 34.1 Å². The summed E-state index contributed by atoms with van der Waals surface area (Å²) >= 11 is 3.31. The molecule has 0 bridgehead atoms. The zero-order valence-electron chi connectivity index (χ0n) is 16.7. The number of nitrogens with zero attached hydrogens (tertiary/aromatic N) is 2. The number of hydrogen-bond acceptors (Lipinski definition) is 6. The smallest absolute Gasteiger partial charge is 0.339 e. The summed E-state index contributed by atoms with van der Waals surface area (Å²) in [5, 5.41) is 5.84. The molecule has 158 valence electrons. The topological polar surface area (TPSA) is 81.3 Å². The van der Waals surface area contributed by atoms with Crippen molar-refractivity contribution in [2.75, 3.05) is 13.7 Å². The van der Waals surface area contributed by atoms with E-state index < -0.39 is 24.5 Å². The Balaban J connectivity index is 1.52. The first kappa shape index (κ1) is 20.9. The van der Waals surface area contributed by atoms with E-state index in [-0.39, 0.29) is 0 Å². The summed E-state index contributed by atoms with van der Waals surface area (Å²) in [6.45, 7) is -0.434. The van der Waals surface area contributed by atoms with Gasteiger partial charge in [-0.2, -0.15) is 5.10 Å². The Hall–Kier alpha value is -3.39. The number of carbonyl (C=O) groups excluding carboxylic acids is 2. The van der Waals surface area contributed by atoms with E-state index in [4.69, 9.17) is 13.9 Å². The predicted molar refractivity (Wildman–Crippen MR) is 117 cm³/mol. The minimum Gasteiger partial charge on any atom is -0.497 e. The maximum atomic E-state index is 12.9. The number of benzene rings is 2. The second-order valence-corrected chi connectivity index (χ2v) is 7.66. The molecule has 1 aliphatic rings. The van der Waals surface area contributed by atoms with Crippen LogP contribution in [0, 0.1) is 0 Å². The average molecular weight is 483 g/mol. The predicted octanol–water partition coefficient (Wildman–Crippen LogP) is 4.59. The van der Waals surface area contributed by atoms with Crippen LogP contribution in [0.5, 0.6) is 5.75 Å². The third-order valence-electron chi connectivity index (χ3n) is 4.88. The van der Waals surface area contributed by atoms with Crippen LogP contribution >= 0.6 is 15.9 Å². The molecule has 1 atom stereocenters. The van der Waals surface area contributed by atoms with Gasteiger partial charge in [-0.3, -0.25) is 4.79 Å². The molecule has 0 aliphatic carbocycles. The van der Waals surface area contributed by atoms with Gasteiger partial charge in [0.2, 0.25) is 0 Å². The summed E-state index contributed by atoms with van der Waals surface area (Å²) in [5.41, 5.74) is 1.95. The fraction of sp³-hybridized carbons (Fsp3) is 0.174. The first-order valence-corrected chi connectivity index (χ1v) is 10.3. The van der Waals surface area contributed by atoms with Crippen molar-refractivity contribution in [3.63, 3.8) is 0 Å². The van der Waals surface area contributed by atoms with Crippen LogP contribution in [0.4, 0.5) is 0 Å². The van der Waals surface area contributed by atoms with E-state index in [0.29, 0.717) is 22.2 Å². The Morgan fingerprint density at radius 2 is 1.90 bits per heavy atom. The molecule has 0 fully saturated rings. The molecular formula is C23H19BrN2O5. The van der Waals surface area contributed by atoms with Gasteiger partial charge in [0.05, 0.1) is 24.6 Å². The molecule has 0 spiro atoms.